The molecule has 0 aromatic heterocycles. The van der Waals surface area contributed by atoms with Gasteiger partial charge >= 0.3 is 0 Å². The summed E-state index contributed by atoms with van der Waals surface area (Å²) in [5.74, 6) is -0.0965. The number of rotatable bonds is 7. The third kappa shape index (κ3) is 4.46. The number of halogens is 1. The molecule has 0 radical (unpaired) electrons. The molecule has 1 unspecified atom stereocenters. The summed E-state index contributed by atoms with van der Waals surface area (Å²) < 4.78 is 19.2. The molecule has 164 valence electrons. The summed E-state index contributed by atoms with van der Waals surface area (Å²) in [7, 11) is 0. The minimum Gasteiger partial charge on any atom is -0.478 e. The van der Waals surface area contributed by atoms with Crippen molar-refractivity contribution in [3.63, 3.8) is 0 Å². The first-order valence-corrected chi connectivity index (χ1v) is 11.3. The van der Waals surface area contributed by atoms with Crippen LogP contribution < -0.4 is 10.1 Å². The lowest BCUT2D eigenvalue weighted by molar-refractivity contribution is -0.187. The van der Waals surface area contributed by atoms with E-state index in [0.29, 0.717) is 12.3 Å². The van der Waals surface area contributed by atoms with Crippen molar-refractivity contribution >= 4 is 11.8 Å². The molecule has 2 heterocycles. The van der Waals surface area contributed by atoms with Crippen LogP contribution in [0.4, 0.5) is 4.39 Å². The summed E-state index contributed by atoms with van der Waals surface area (Å²) >= 11 is 0. The van der Waals surface area contributed by atoms with Gasteiger partial charge in [0.05, 0.1) is 5.54 Å². The van der Waals surface area contributed by atoms with Gasteiger partial charge < -0.3 is 19.9 Å². The van der Waals surface area contributed by atoms with Crippen molar-refractivity contribution < 1.29 is 18.7 Å². The normalized spacial score (nSPS) is 23.8. The van der Waals surface area contributed by atoms with E-state index in [2.05, 4.69) is 10.2 Å². The number of nitrogens with zero attached hydrogens (tertiary/aromatic N) is 2. The van der Waals surface area contributed by atoms with E-state index in [1.54, 1.807) is 17.0 Å². The van der Waals surface area contributed by atoms with Crippen molar-refractivity contribution in [3.05, 3.63) is 30.1 Å². The largest absolute Gasteiger partial charge is 0.478 e. The third-order valence-electron chi connectivity index (χ3n) is 6.80. The van der Waals surface area contributed by atoms with E-state index in [4.69, 9.17) is 4.74 Å². The predicted molar refractivity (Wildman–Crippen MR) is 112 cm³/mol. The zero-order valence-electron chi connectivity index (χ0n) is 17.6. The maximum absolute atomic E-state index is 13.2. The van der Waals surface area contributed by atoms with Gasteiger partial charge in [-0.3, -0.25) is 9.59 Å². The Hall–Kier alpha value is -2.15. The number of nitrogens with one attached hydrogen (secondary N) is 1. The predicted octanol–water partition coefficient (Wildman–Crippen LogP) is 2.72. The first-order valence-electron chi connectivity index (χ1n) is 11.3. The van der Waals surface area contributed by atoms with Crippen molar-refractivity contribution in [3.8, 4) is 5.75 Å². The molecular weight excluding hydrogens is 385 g/mol. The molecule has 2 amide bonds. The highest BCUT2D eigenvalue weighted by Crippen LogP contribution is 2.45. The van der Waals surface area contributed by atoms with E-state index in [0.717, 1.165) is 51.7 Å². The average Bonchev–Trinajstić information content (AvgIpc) is 2.78. The second kappa shape index (κ2) is 9.33. The van der Waals surface area contributed by atoms with E-state index in [-0.39, 0.29) is 24.2 Å². The zero-order valence-corrected chi connectivity index (χ0v) is 17.6. The molecule has 2 aliphatic heterocycles. The number of ether oxygens (including phenoxy) is 1. The standard InChI is InChI=1S/C23H32FN3O3/c24-18-7-9-19(10-8-18)30-21-22(29)27(23(21)11-3-1-4-12-23)17-20(28)25-13-16-26-14-5-2-6-15-26/h7-10,21H,1-6,11-17H2,(H,25,28). The van der Waals surface area contributed by atoms with E-state index >= 15 is 0 Å². The molecule has 30 heavy (non-hydrogen) atoms. The molecule has 1 aliphatic carbocycles. The Balaban J connectivity index is 1.34. The summed E-state index contributed by atoms with van der Waals surface area (Å²) in [5.41, 5.74) is -0.423. The molecule has 1 spiro atoms. The summed E-state index contributed by atoms with van der Waals surface area (Å²) in [4.78, 5) is 29.6. The summed E-state index contributed by atoms with van der Waals surface area (Å²) in [6.07, 6.45) is 8.01. The number of amides is 2. The van der Waals surface area contributed by atoms with Crippen LogP contribution in [-0.2, 0) is 9.59 Å². The number of hydrogen-bond donors (Lipinski definition) is 1. The molecule has 1 aromatic carbocycles. The molecule has 4 rings (SSSR count). The lowest BCUT2D eigenvalue weighted by Gasteiger charge is -2.58. The molecule has 3 fully saturated rings. The Morgan fingerprint density at radius 1 is 1.07 bits per heavy atom. The summed E-state index contributed by atoms with van der Waals surface area (Å²) in [5, 5.41) is 2.99. The molecule has 1 saturated carbocycles. The molecule has 1 aromatic rings. The molecule has 7 heteroatoms. The number of hydrogen-bond acceptors (Lipinski definition) is 4. The van der Waals surface area contributed by atoms with Crippen LogP contribution in [0, 0.1) is 5.82 Å². The minimum absolute atomic E-state index is 0.0854. The molecule has 1 N–H and O–H groups in total. The van der Waals surface area contributed by atoms with Crippen LogP contribution in [0.2, 0.25) is 0 Å². The van der Waals surface area contributed by atoms with Gasteiger partial charge in [-0.2, -0.15) is 0 Å². The topological polar surface area (TPSA) is 61.9 Å². The maximum Gasteiger partial charge on any atom is 0.267 e. The Morgan fingerprint density at radius 3 is 2.43 bits per heavy atom. The molecule has 2 saturated heterocycles. The highest BCUT2D eigenvalue weighted by atomic mass is 19.1. The van der Waals surface area contributed by atoms with E-state index in [1.165, 1.54) is 31.4 Å². The second-order valence-electron chi connectivity index (χ2n) is 8.79. The lowest BCUT2D eigenvalue weighted by atomic mass is 9.70. The summed E-state index contributed by atoms with van der Waals surface area (Å²) in [6, 6.07) is 5.77. The van der Waals surface area contributed by atoms with Crippen molar-refractivity contribution in [2.75, 3.05) is 32.7 Å². The number of carbonyl (C=O) groups is 2. The van der Waals surface area contributed by atoms with Gasteiger partial charge in [0, 0.05) is 13.1 Å². The van der Waals surface area contributed by atoms with Gasteiger partial charge in [-0.05, 0) is 63.0 Å². The first-order chi connectivity index (χ1) is 14.6. The maximum atomic E-state index is 13.2. The van der Waals surface area contributed by atoms with Crippen molar-refractivity contribution in [2.24, 2.45) is 0 Å². The lowest BCUT2D eigenvalue weighted by Crippen LogP contribution is -2.77. The zero-order chi connectivity index (χ0) is 21.0. The molecule has 6 nitrogen and oxygen atoms in total. The van der Waals surface area contributed by atoms with Crippen molar-refractivity contribution in [2.45, 2.75) is 63.0 Å². The van der Waals surface area contributed by atoms with Crippen LogP contribution in [0.25, 0.3) is 0 Å². The van der Waals surface area contributed by atoms with Gasteiger partial charge in [-0.25, -0.2) is 4.39 Å². The molecule has 1 atom stereocenters. The van der Waals surface area contributed by atoms with E-state index < -0.39 is 11.6 Å². The SMILES string of the molecule is O=C(CN1C(=O)C(Oc2ccc(F)cc2)C12CCCCC2)NCCN1CCCCC1. The van der Waals surface area contributed by atoms with Crippen LogP contribution in [0.1, 0.15) is 51.4 Å². The fraction of sp³-hybridized carbons (Fsp3) is 0.652. The van der Waals surface area contributed by atoms with Gasteiger partial charge in [-0.15, -0.1) is 0 Å². The van der Waals surface area contributed by atoms with Crippen molar-refractivity contribution in [1.82, 2.24) is 15.1 Å². The number of carbonyl (C=O) groups excluding carboxylic acids is 2. The van der Waals surface area contributed by atoms with Crippen LogP contribution >= 0.6 is 0 Å². The third-order valence-corrected chi connectivity index (χ3v) is 6.80. The van der Waals surface area contributed by atoms with Crippen LogP contribution in [-0.4, -0.2) is 66.0 Å². The Bertz CT molecular complexity index is 743. The van der Waals surface area contributed by atoms with Gasteiger partial charge in [0.2, 0.25) is 5.91 Å². The number of likely N-dealkylation sites (tertiary alicyclic amines) is 2. The quantitative estimate of drug-likeness (QED) is 0.693. The summed E-state index contributed by atoms with van der Waals surface area (Å²) in [6.45, 7) is 3.77. The van der Waals surface area contributed by atoms with Crippen molar-refractivity contribution in [1.29, 1.82) is 0 Å². The number of benzene rings is 1. The smallest absolute Gasteiger partial charge is 0.267 e. The highest BCUT2D eigenvalue weighted by molar-refractivity contribution is 5.94. The first kappa shape index (κ1) is 21.1. The number of β-lactam (4-membered cyclic amide) rings is 1. The van der Waals surface area contributed by atoms with E-state index in [1.807, 2.05) is 0 Å². The van der Waals surface area contributed by atoms with Crippen LogP contribution in [0.15, 0.2) is 24.3 Å². The fourth-order valence-electron chi connectivity index (χ4n) is 5.14. The molecule has 3 aliphatic rings. The monoisotopic (exact) mass is 417 g/mol. The highest BCUT2D eigenvalue weighted by Gasteiger charge is 2.62. The molecular formula is C23H32FN3O3. The Labute approximate surface area is 177 Å². The van der Waals surface area contributed by atoms with Gasteiger partial charge in [0.25, 0.3) is 5.91 Å². The van der Waals surface area contributed by atoms with Gasteiger partial charge in [-0.1, -0.05) is 25.7 Å². The number of piperidine rings is 1. The second-order valence-corrected chi connectivity index (χ2v) is 8.79. The Morgan fingerprint density at radius 2 is 1.73 bits per heavy atom. The average molecular weight is 418 g/mol. The minimum atomic E-state index is -0.593. The van der Waals surface area contributed by atoms with Gasteiger partial charge in [0.1, 0.15) is 18.1 Å². The van der Waals surface area contributed by atoms with Crippen LogP contribution in [0.3, 0.4) is 0 Å². The fourth-order valence-corrected chi connectivity index (χ4v) is 5.14. The van der Waals surface area contributed by atoms with Crippen LogP contribution in [0.5, 0.6) is 5.75 Å². The van der Waals surface area contributed by atoms with E-state index in [9.17, 15) is 14.0 Å². The molecule has 0 bridgehead atoms. The Kier molecular flexibility index (Phi) is 6.56. The van der Waals surface area contributed by atoms with Gasteiger partial charge in [0.15, 0.2) is 6.10 Å².